The largest absolute Gasteiger partial charge is 0.450 e. The minimum absolute atomic E-state index is 0.280. The lowest BCUT2D eigenvalue weighted by atomic mass is 10.3. The van der Waals surface area contributed by atoms with Crippen molar-refractivity contribution in [3.63, 3.8) is 0 Å². The van der Waals surface area contributed by atoms with Gasteiger partial charge < -0.3 is 4.52 Å². The van der Waals surface area contributed by atoms with Gasteiger partial charge in [0.2, 0.25) is 11.7 Å². The third-order valence-corrected chi connectivity index (χ3v) is 2.31. The minimum atomic E-state index is -4.98. The topological polar surface area (TPSA) is 90.1 Å². The predicted octanol–water partition coefficient (Wildman–Crippen LogP) is 0.288. The van der Waals surface area contributed by atoms with Crippen LogP contribution in [0, 0.1) is 0 Å². The first-order chi connectivity index (χ1) is 7.58. The van der Waals surface area contributed by atoms with E-state index < -0.39 is 39.9 Å². The average molecular weight is 272 g/mol. The summed E-state index contributed by atoms with van der Waals surface area (Å²) in [5, 5.41) is 3.15. The van der Waals surface area contributed by atoms with Crippen molar-refractivity contribution in [2.75, 3.05) is 6.26 Å². The van der Waals surface area contributed by atoms with Crippen molar-refractivity contribution < 1.29 is 30.9 Å². The van der Waals surface area contributed by atoms with Gasteiger partial charge in [0.05, 0.1) is 6.42 Å². The lowest BCUT2D eigenvalue weighted by Crippen LogP contribution is -2.24. The van der Waals surface area contributed by atoms with Crippen LogP contribution in [0.25, 0.3) is 0 Å². The van der Waals surface area contributed by atoms with E-state index in [4.69, 9.17) is 0 Å². The summed E-state index contributed by atoms with van der Waals surface area (Å²) in [5.41, 5.74) is 0. The molecule has 1 aromatic heterocycles. The molecule has 0 fully saturated rings. The number of halogens is 3. The summed E-state index contributed by atoms with van der Waals surface area (Å²) in [5.74, 6) is -3.44. The fourth-order valence-corrected chi connectivity index (χ4v) is 1.48. The first-order valence-corrected chi connectivity index (χ1v) is 6.23. The van der Waals surface area contributed by atoms with Crippen molar-refractivity contribution in [1.29, 1.82) is 0 Å². The second-order valence-electron chi connectivity index (χ2n) is 3.27. The molecule has 0 saturated heterocycles. The van der Waals surface area contributed by atoms with Crippen molar-refractivity contribution in [3.8, 4) is 0 Å². The number of hydrogen-bond acceptors (Lipinski definition) is 6. The van der Waals surface area contributed by atoms with Crippen molar-refractivity contribution in [3.05, 3.63) is 11.7 Å². The normalized spacial score (nSPS) is 12.7. The second kappa shape index (κ2) is 4.43. The van der Waals surface area contributed by atoms with Crippen LogP contribution < -0.4 is 0 Å². The van der Waals surface area contributed by atoms with Crippen LogP contribution in [0.1, 0.15) is 11.7 Å². The van der Waals surface area contributed by atoms with Crippen molar-refractivity contribution in [1.82, 2.24) is 10.1 Å². The van der Waals surface area contributed by atoms with Crippen LogP contribution in [0.4, 0.5) is 13.2 Å². The quantitative estimate of drug-likeness (QED) is 0.782. The number of hydrogen-bond donors (Lipinski definition) is 0. The Bertz CT molecular complexity index is 519. The highest BCUT2D eigenvalue weighted by Crippen LogP contribution is 2.18. The number of sulfone groups is 1. The molecule has 17 heavy (non-hydrogen) atoms. The van der Waals surface area contributed by atoms with E-state index >= 15 is 0 Å². The minimum Gasteiger partial charge on any atom is -0.339 e. The number of alkyl halides is 3. The highest BCUT2D eigenvalue weighted by Gasteiger charge is 2.39. The highest BCUT2D eigenvalue weighted by atomic mass is 32.2. The van der Waals surface area contributed by atoms with Gasteiger partial charge in [0.25, 0.3) is 0 Å². The first kappa shape index (κ1) is 13.6. The van der Waals surface area contributed by atoms with Crippen LogP contribution >= 0.6 is 0 Å². The molecule has 0 unspecified atom stereocenters. The Morgan fingerprint density at radius 2 is 2.00 bits per heavy atom. The summed E-state index contributed by atoms with van der Waals surface area (Å²) in [6.07, 6.45) is -5.17. The number of aromatic nitrogens is 2. The smallest absolute Gasteiger partial charge is 0.339 e. The molecule has 6 nitrogen and oxygen atoms in total. The Morgan fingerprint density at radius 3 is 2.47 bits per heavy atom. The van der Waals surface area contributed by atoms with Crippen LogP contribution in [-0.2, 0) is 26.8 Å². The third kappa shape index (κ3) is 4.51. The molecule has 0 aliphatic rings. The summed E-state index contributed by atoms with van der Waals surface area (Å²) >= 11 is 0. The monoisotopic (exact) mass is 272 g/mol. The van der Waals surface area contributed by atoms with E-state index in [-0.39, 0.29) is 5.82 Å². The van der Waals surface area contributed by atoms with Crippen LogP contribution in [0.2, 0.25) is 0 Å². The van der Waals surface area contributed by atoms with Gasteiger partial charge in [-0.05, 0) is 0 Å². The molecular weight excluding hydrogens is 265 g/mol. The summed E-state index contributed by atoms with van der Waals surface area (Å²) < 4.78 is 61.6. The van der Waals surface area contributed by atoms with Gasteiger partial charge in [0.1, 0.15) is 5.75 Å². The van der Waals surface area contributed by atoms with Gasteiger partial charge >= 0.3 is 6.18 Å². The van der Waals surface area contributed by atoms with Crippen LogP contribution in [0.15, 0.2) is 4.52 Å². The van der Waals surface area contributed by atoms with Crippen molar-refractivity contribution >= 4 is 15.6 Å². The highest BCUT2D eigenvalue weighted by molar-refractivity contribution is 7.89. The molecule has 0 aliphatic carbocycles. The average Bonchev–Trinajstić information content (AvgIpc) is 2.47. The fourth-order valence-electron chi connectivity index (χ4n) is 0.893. The third-order valence-electron chi connectivity index (χ3n) is 1.53. The van der Waals surface area contributed by atoms with Gasteiger partial charge in [-0.1, -0.05) is 5.16 Å². The lowest BCUT2D eigenvalue weighted by Gasteiger charge is -2.00. The molecule has 0 N–H and O–H groups in total. The van der Waals surface area contributed by atoms with Crippen LogP contribution in [-0.4, -0.2) is 36.8 Å². The molecule has 0 saturated carbocycles. The molecule has 0 radical (unpaired) electrons. The van der Waals surface area contributed by atoms with Gasteiger partial charge in [-0.2, -0.15) is 18.2 Å². The van der Waals surface area contributed by atoms with Crippen molar-refractivity contribution in [2.24, 2.45) is 0 Å². The molecule has 1 rings (SSSR count). The van der Waals surface area contributed by atoms with Gasteiger partial charge in [0, 0.05) is 6.26 Å². The van der Waals surface area contributed by atoms with E-state index in [0.717, 1.165) is 6.26 Å². The molecule has 0 spiro atoms. The summed E-state index contributed by atoms with van der Waals surface area (Å²) in [4.78, 5) is 13.9. The molecule has 1 aromatic rings. The molecule has 1 heterocycles. The number of rotatable bonds is 4. The number of carbonyl (C=O) groups is 1. The Labute approximate surface area is 93.7 Å². The Balaban J connectivity index is 2.73. The van der Waals surface area contributed by atoms with E-state index in [1.54, 1.807) is 0 Å². The lowest BCUT2D eigenvalue weighted by molar-refractivity contribution is -0.170. The van der Waals surface area contributed by atoms with E-state index in [9.17, 15) is 26.4 Å². The molecule has 0 aromatic carbocycles. The van der Waals surface area contributed by atoms with E-state index in [1.807, 2.05) is 0 Å². The SMILES string of the molecule is CS(=O)(=O)Cc1noc(CC(=O)C(F)(F)F)n1. The molecule has 0 atom stereocenters. The first-order valence-electron chi connectivity index (χ1n) is 4.17. The molecule has 10 heteroatoms. The molecule has 96 valence electrons. The van der Waals surface area contributed by atoms with Gasteiger partial charge in [0.15, 0.2) is 15.7 Å². The summed E-state index contributed by atoms with van der Waals surface area (Å²) in [6.45, 7) is 0. The molecular formula is C7H7F3N2O4S. The Hall–Kier alpha value is -1.45. The zero-order valence-corrected chi connectivity index (χ0v) is 9.30. The van der Waals surface area contributed by atoms with E-state index in [0.29, 0.717) is 0 Å². The van der Waals surface area contributed by atoms with Crippen LogP contribution in [0.5, 0.6) is 0 Å². The molecule has 0 bridgehead atoms. The number of Topliss-reactive ketones (excluding diaryl/α,β-unsaturated/α-hetero) is 1. The predicted molar refractivity (Wildman–Crippen MR) is 47.6 cm³/mol. The second-order valence-corrected chi connectivity index (χ2v) is 5.41. The van der Waals surface area contributed by atoms with Gasteiger partial charge in [-0.3, -0.25) is 4.79 Å². The van der Waals surface area contributed by atoms with Gasteiger partial charge in [-0.15, -0.1) is 0 Å². The summed E-state index contributed by atoms with van der Waals surface area (Å²) in [6, 6.07) is 0. The molecule has 0 aliphatic heterocycles. The Morgan fingerprint density at radius 1 is 1.41 bits per heavy atom. The van der Waals surface area contributed by atoms with E-state index in [1.165, 1.54) is 0 Å². The van der Waals surface area contributed by atoms with Gasteiger partial charge in [-0.25, -0.2) is 8.42 Å². The number of carbonyl (C=O) groups excluding carboxylic acids is 1. The summed E-state index contributed by atoms with van der Waals surface area (Å²) in [7, 11) is -3.41. The maximum Gasteiger partial charge on any atom is 0.450 e. The van der Waals surface area contributed by atoms with E-state index in [2.05, 4.69) is 14.7 Å². The number of nitrogens with zero attached hydrogens (tertiary/aromatic N) is 2. The van der Waals surface area contributed by atoms with Crippen LogP contribution in [0.3, 0.4) is 0 Å². The number of ketones is 1. The zero-order chi connectivity index (χ0) is 13.3. The fraction of sp³-hybridized carbons (Fsp3) is 0.571. The standard InChI is InChI=1S/C7H7F3N2O4S/c1-17(14,15)3-5-11-6(16-12-5)2-4(13)7(8,9)10/h2-3H2,1H3. The maximum atomic E-state index is 11.9. The van der Waals surface area contributed by atoms with Crippen molar-refractivity contribution in [2.45, 2.75) is 18.3 Å². The zero-order valence-electron chi connectivity index (χ0n) is 8.48. The molecule has 0 amide bonds. The Kier molecular flexibility index (Phi) is 3.55. The maximum absolute atomic E-state index is 11.9.